The summed E-state index contributed by atoms with van der Waals surface area (Å²) in [6, 6.07) is 5.06. The summed E-state index contributed by atoms with van der Waals surface area (Å²) in [5.74, 6) is -0.752. The number of carbonyl (C=O) groups is 1. The van der Waals surface area contributed by atoms with Crippen LogP contribution in [0.5, 0.6) is 0 Å². The first-order chi connectivity index (χ1) is 9.93. The third-order valence-electron chi connectivity index (χ3n) is 3.74. The second kappa shape index (κ2) is 6.47. The molecule has 0 saturated carbocycles. The van der Waals surface area contributed by atoms with Crippen molar-refractivity contribution in [3.8, 4) is 0 Å². The van der Waals surface area contributed by atoms with Crippen LogP contribution in [0.1, 0.15) is 30.4 Å². The van der Waals surface area contributed by atoms with E-state index in [0.29, 0.717) is 19.6 Å². The van der Waals surface area contributed by atoms with Crippen molar-refractivity contribution < 1.29 is 22.7 Å². The van der Waals surface area contributed by atoms with Crippen LogP contribution in [0.15, 0.2) is 24.3 Å². The summed E-state index contributed by atoms with van der Waals surface area (Å²) in [6.07, 6.45) is -3.64. The summed E-state index contributed by atoms with van der Waals surface area (Å²) >= 11 is 0. The molecule has 6 heteroatoms. The largest absolute Gasteiger partial charge is 0.466 e. The van der Waals surface area contributed by atoms with E-state index in [4.69, 9.17) is 4.74 Å². The predicted octanol–water partition coefficient (Wildman–Crippen LogP) is 2.96. The maximum atomic E-state index is 12.6. The van der Waals surface area contributed by atoms with Gasteiger partial charge in [0.1, 0.15) is 0 Å². The maximum absolute atomic E-state index is 12.6. The van der Waals surface area contributed by atoms with Gasteiger partial charge in [-0.3, -0.25) is 4.79 Å². The molecule has 1 aliphatic rings. The van der Waals surface area contributed by atoms with Crippen LogP contribution in [-0.2, 0) is 15.7 Å². The topological polar surface area (TPSA) is 38.3 Å². The van der Waals surface area contributed by atoms with Crippen LogP contribution in [0.2, 0.25) is 0 Å². The SMILES string of the molecule is CCOC(=O)[C@@H]1CNCC[C@@H]1c1ccc(C(F)(F)F)cc1. The molecule has 0 spiro atoms. The molecule has 116 valence electrons. The molecular formula is C15H18F3NO2. The first kappa shape index (κ1) is 15.8. The first-order valence-corrected chi connectivity index (χ1v) is 6.98. The Morgan fingerprint density at radius 2 is 2.00 bits per heavy atom. The van der Waals surface area contributed by atoms with Gasteiger partial charge in [0.05, 0.1) is 18.1 Å². The van der Waals surface area contributed by atoms with Gasteiger partial charge in [-0.05, 0) is 43.5 Å². The van der Waals surface area contributed by atoms with Gasteiger partial charge in [0.15, 0.2) is 0 Å². The van der Waals surface area contributed by atoms with Gasteiger partial charge in [-0.1, -0.05) is 12.1 Å². The zero-order valence-electron chi connectivity index (χ0n) is 11.7. The predicted molar refractivity (Wildman–Crippen MR) is 71.8 cm³/mol. The molecule has 1 fully saturated rings. The lowest BCUT2D eigenvalue weighted by molar-refractivity contribution is -0.149. The smallest absolute Gasteiger partial charge is 0.416 e. The number of benzene rings is 1. The average molecular weight is 301 g/mol. The molecule has 1 N–H and O–H groups in total. The molecule has 1 heterocycles. The van der Waals surface area contributed by atoms with Gasteiger partial charge in [0.2, 0.25) is 0 Å². The minimum Gasteiger partial charge on any atom is -0.466 e. The molecule has 2 rings (SSSR count). The van der Waals surface area contributed by atoms with Gasteiger partial charge in [0, 0.05) is 6.54 Å². The van der Waals surface area contributed by atoms with E-state index in [-0.39, 0.29) is 17.8 Å². The normalized spacial score (nSPS) is 22.9. The summed E-state index contributed by atoms with van der Waals surface area (Å²) in [5.41, 5.74) is 0.0791. The Bertz CT molecular complexity index is 485. The number of halogens is 3. The number of hydrogen-bond donors (Lipinski definition) is 1. The molecule has 0 amide bonds. The molecular weight excluding hydrogens is 283 g/mol. The Morgan fingerprint density at radius 3 is 2.57 bits per heavy atom. The van der Waals surface area contributed by atoms with Gasteiger partial charge in [-0.25, -0.2) is 0 Å². The van der Waals surface area contributed by atoms with Crippen molar-refractivity contribution >= 4 is 5.97 Å². The molecule has 1 aliphatic heterocycles. The molecule has 1 aromatic rings. The van der Waals surface area contributed by atoms with E-state index in [2.05, 4.69) is 5.32 Å². The van der Waals surface area contributed by atoms with Crippen molar-refractivity contribution in [3.05, 3.63) is 35.4 Å². The standard InChI is InChI=1S/C15H18F3NO2/c1-2-21-14(20)13-9-19-8-7-12(13)10-3-5-11(6-4-10)15(16,17)18/h3-6,12-13,19H,2,7-9H2,1H3/t12-,13-/m1/s1. The third kappa shape index (κ3) is 3.75. The van der Waals surface area contributed by atoms with Gasteiger partial charge in [-0.15, -0.1) is 0 Å². The van der Waals surface area contributed by atoms with Crippen LogP contribution in [0.3, 0.4) is 0 Å². The van der Waals surface area contributed by atoms with Crippen LogP contribution in [0.25, 0.3) is 0 Å². The summed E-state index contributed by atoms with van der Waals surface area (Å²) < 4.78 is 42.8. The van der Waals surface area contributed by atoms with Crippen LogP contribution in [0.4, 0.5) is 13.2 Å². The zero-order chi connectivity index (χ0) is 15.5. The minimum absolute atomic E-state index is 0.104. The summed E-state index contributed by atoms with van der Waals surface area (Å²) in [5, 5.41) is 3.13. The maximum Gasteiger partial charge on any atom is 0.416 e. The number of ether oxygens (including phenoxy) is 1. The molecule has 3 nitrogen and oxygen atoms in total. The highest BCUT2D eigenvalue weighted by Crippen LogP contribution is 2.34. The number of esters is 1. The van der Waals surface area contributed by atoms with Crippen LogP contribution in [-0.4, -0.2) is 25.7 Å². The molecule has 0 bridgehead atoms. The molecule has 1 saturated heterocycles. The van der Waals surface area contributed by atoms with Crippen molar-refractivity contribution in [1.82, 2.24) is 5.32 Å². The molecule has 2 atom stereocenters. The highest BCUT2D eigenvalue weighted by atomic mass is 19.4. The minimum atomic E-state index is -4.34. The number of alkyl halides is 3. The van der Waals surface area contributed by atoms with Crippen molar-refractivity contribution in [3.63, 3.8) is 0 Å². The molecule has 0 aliphatic carbocycles. The summed E-state index contributed by atoms with van der Waals surface area (Å²) in [6.45, 7) is 3.27. The molecule has 0 aromatic heterocycles. The zero-order valence-corrected chi connectivity index (χ0v) is 11.7. The summed E-state index contributed by atoms with van der Waals surface area (Å²) in [4.78, 5) is 12.0. The van der Waals surface area contributed by atoms with Gasteiger partial charge in [0.25, 0.3) is 0 Å². The monoisotopic (exact) mass is 301 g/mol. The van der Waals surface area contributed by atoms with Crippen molar-refractivity contribution in [2.24, 2.45) is 5.92 Å². The fourth-order valence-corrected chi connectivity index (χ4v) is 2.67. The van der Waals surface area contributed by atoms with Gasteiger partial charge >= 0.3 is 12.1 Å². The van der Waals surface area contributed by atoms with E-state index in [9.17, 15) is 18.0 Å². The van der Waals surface area contributed by atoms with Gasteiger partial charge in [-0.2, -0.15) is 13.2 Å². The van der Waals surface area contributed by atoms with E-state index < -0.39 is 11.7 Å². The molecule has 21 heavy (non-hydrogen) atoms. The van der Waals surface area contributed by atoms with Crippen LogP contribution in [0, 0.1) is 5.92 Å². The molecule has 0 radical (unpaired) electrons. The van der Waals surface area contributed by atoms with E-state index in [1.807, 2.05) is 0 Å². The second-order valence-corrected chi connectivity index (χ2v) is 5.08. The lowest BCUT2D eigenvalue weighted by Crippen LogP contribution is -2.40. The van der Waals surface area contributed by atoms with Gasteiger partial charge < -0.3 is 10.1 Å². The Hall–Kier alpha value is -1.56. The Morgan fingerprint density at radius 1 is 1.33 bits per heavy atom. The number of nitrogens with one attached hydrogen (secondary N) is 1. The Kier molecular flexibility index (Phi) is 4.88. The Balaban J connectivity index is 2.19. The number of piperidine rings is 1. The van der Waals surface area contributed by atoms with Crippen molar-refractivity contribution in [1.29, 1.82) is 0 Å². The molecule has 0 unspecified atom stereocenters. The quantitative estimate of drug-likeness (QED) is 0.872. The van der Waals surface area contributed by atoms with Crippen molar-refractivity contribution in [2.75, 3.05) is 19.7 Å². The number of carbonyl (C=O) groups excluding carboxylic acids is 1. The van der Waals surface area contributed by atoms with Crippen molar-refractivity contribution in [2.45, 2.75) is 25.4 Å². The summed E-state index contributed by atoms with van der Waals surface area (Å²) in [7, 11) is 0. The second-order valence-electron chi connectivity index (χ2n) is 5.08. The molecule has 1 aromatic carbocycles. The fourth-order valence-electron chi connectivity index (χ4n) is 2.67. The van der Waals surface area contributed by atoms with E-state index in [1.165, 1.54) is 12.1 Å². The fraction of sp³-hybridized carbons (Fsp3) is 0.533. The van der Waals surface area contributed by atoms with Crippen LogP contribution < -0.4 is 5.32 Å². The van der Waals surface area contributed by atoms with E-state index >= 15 is 0 Å². The first-order valence-electron chi connectivity index (χ1n) is 6.98. The lowest BCUT2D eigenvalue weighted by atomic mass is 9.81. The third-order valence-corrected chi connectivity index (χ3v) is 3.74. The number of hydrogen-bond acceptors (Lipinski definition) is 3. The van der Waals surface area contributed by atoms with E-state index in [0.717, 1.165) is 24.2 Å². The lowest BCUT2D eigenvalue weighted by Gasteiger charge is -2.31. The van der Waals surface area contributed by atoms with E-state index in [1.54, 1.807) is 6.92 Å². The number of rotatable bonds is 3. The van der Waals surface area contributed by atoms with Crippen LogP contribution >= 0.6 is 0 Å². The highest BCUT2D eigenvalue weighted by molar-refractivity contribution is 5.74. The average Bonchev–Trinajstić information content (AvgIpc) is 2.47. The Labute approximate surface area is 121 Å². The highest BCUT2D eigenvalue weighted by Gasteiger charge is 2.34.